The molecule has 0 spiro atoms. The summed E-state index contributed by atoms with van der Waals surface area (Å²) in [5.74, 6) is 0.0542. The molecular formula is C16H16N2O. The highest BCUT2D eigenvalue weighted by molar-refractivity contribution is 6.06. The van der Waals surface area contributed by atoms with E-state index in [1.165, 1.54) is 17.5 Å². The second kappa shape index (κ2) is 4.84. The molecule has 1 aliphatic rings. The first-order chi connectivity index (χ1) is 9.22. The Morgan fingerprint density at radius 1 is 1.32 bits per heavy atom. The van der Waals surface area contributed by atoms with Crippen LogP contribution in [-0.2, 0) is 19.9 Å². The van der Waals surface area contributed by atoms with Crippen molar-refractivity contribution < 1.29 is 4.79 Å². The number of nitrogens with zero attached hydrogens (tertiary/aromatic N) is 2. The average Bonchev–Trinajstić information content (AvgIpc) is 3.03. The largest absolute Gasteiger partial charge is 0.289 e. The van der Waals surface area contributed by atoms with Gasteiger partial charge >= 0.3 is 0 Å². The minimum Gasteiger partial charge on any atom is -0.289 e. The van der Waals surface area contributed by atoms with Gasteiger partial charge in [0.1, 0.15) is 0 Å². The highest BCUT2D eigenvalue weighted by atomic mass is 16.1. The van der Waals surface area contributed by atoms with Crippen LogP contribution in [0, 0.1) is 0 Å². The molecule has 0 saturated carbocycles. The summed E-state index contributed by atoms with van der Waals surface area (Å²) >= 11 is 0. The van der Waals surface area contributed by atoms with Gasteiger partial charge in [0.05, 0.1) is 6.20 Å². The van der Waals surface area contributed by atoms with Crippen LogP contribution < -0.4 is 0 Å². The van der Waals surface area contributed by atoms with Gasteiger partial charge < -0.3 is 0 Å². The van der Waals surface area contributed by atoms with E-state index in [2.05, 4.69) is 11.2 Å². The quantitative estimate of drug-likeness (QED) is 0.622. The first kappa shape index (κ1) is 11.9. The van der Waals surface area contributed by atoms with Crippen molar-refractivity contribution in [2.45, 2.75) is 19.3 Å². The normalized spacial score (nSPS) is 13.9. The third kappa shape index (κ3) is 2.50. The third-order valence-electron chi connectivity index (χ3n) is 3.54. The molecule has 0 fully saturated rings. The van der Waals surface area contributed by atoms with E-state index >= 15 is 0 Å². The molecule has 1 aromatic carbocycles. The minimum atomic E-state index is 0.0542. The number of aromatic nitrogens is 2. The SMILES string of the molecule is Cn1cc(C=CC(=O)c2ccc3c(c2)CCC3)cn1. The molecule has 0 saturated heterocycles. The second-order valence-electron chi connectivity index (χ2n) is 4.98. The summed E-state index contributed by atoms with van der Waals surface area (Å²) in [4.78, 5) is 12.1. The summed E-state index contributed by atoms with van der Waals surface area (Å²) in [6.45, 7) is 0. The lowest BCUT2D eigenvalue weighted by Gasteiger charge is -2.01. The summed E-state index contributed by atoms with van der Waals surface area (Å²) in [5, 5.41) is 4.07. The van der Waals surface area contributed by atoms with Gasteiger partial charge in [0, 0.05) is 24.4 Å². The van der Waals surface area contributed by atoms with Crippen LogP contribution in [0.3, 0.4) is 0 Å². The Labute approximate surface area is 112 Å². The highest BCUT2D eigenvalue weighted by Gasteiger charge is 2.12. The smallest absolute Gasteiger partial charge is 0.185 e. The number of allylic oxidation sites excluding steroid dienone is 1. The molecule has 0 bridgehead atoms. The lowest BCUT2D eigenvalue weighted by Crippen LogP contribution is -1.96. The van der Waals surface area contributed by atoms with Gasteiger partial charge in [-0.15, -0.1) is 0 Å². The first-order valence-electron chi connectivity index (χ1n) is 6.55. The van der Waals surface area contributed by atoms with E-state index in [0.29, 0.717) is 0 Å². The summed E-state index contributed by atoms with van der Waals surface area (Å²) in [6.07, 6.45) is 10.5. The van der Waals surface area contributed by atoms with Crippen LogP contribution in [0.1, 0.15) is 33.5 Å². The molecule has 0 aliphatic heterocycles. The van der Waals surface area contributed by atoms with E-state index in [4.69, 9.17) is 0 Å². The molecule has 1 heterocycles. The molecule has 1 aromatic heterocycles. The van der Waals surface area contributed by atoms with Crippen LogP contribution in [0.4, 0.5) is 0 Å². The predicted octanol–water partition coefficient (Wildman–Crippen LogP) is 2.80. The van der Waals surface area contributed by atoms with Crippen molar-refractivity contribution >= 4 is 11.9 Å². The molecule has 0 atom stereocenters. The van der Waals surface area contributed by atoms with Crippen LogP contribution in [-0.4, -0.2) is 15.6 Å². The van der Waals surface area contributed by atoms with Gasteiger partial charge in [0.2, 0.25) is 0 Å². The zero-order valence-corrected chi connectivity index (χ0v) is 11.0. The van der Waals surface area contributed by atoms with E-state index in [9.17, 15) is 4.79 Å². The Morgan fingerprint density at radius 3 is 2.95 bits per heavy atom. The summed E-state index contributed by atoms with van der Waals surface area (Å²) < 4.78 is 1.72. The summed E-state index contributed by atoms with van der Waals surface area (Å²) in [7, 11) is 1.86. The topological polar surface area (TPSA) is 34.9 Å². The zero-order valence-electron chi connectivity index (χ0n) is 11.0. The molecule has 0 unspecified atom stereocenters. The van der Waals surface area contributed by atoms with Gasteiger partial charge in [-0.25, -0.2) is 0 Å². The average molecular weight is 252 g/mol. The van der Waals surface area contributed by atoms with Crippen LogP contribution >= 0.6 is 0 Å². The molecule has 3 heteroatoms. The Kier molecular flexibility index (Phi) is 3.03. The minimum absolute atomic E-state index is 0.0542. The number of hydrogen-bond donors (Lipinski definition) is 0. The number of benzene rings is 1. The number of rotatable bonds is 3. The molecule has 2 aromatic rings. The van der Waals surface area contributed by atoms with Crippen molar-refractivity contribution in [1.82, 2.24) is 9.78 Å². The van der Waals surface area contributed by atoms with Gasteiger partial charge in [0.15, 0.2) is 5.78 Å². The predicted molar refractivity (Wildman–Crippen MR) is 75.0 cm³/mol. The summed E-state index contributed by atoms with van der Waals surface area (Å²) in [6, 6.07) is 6.06. The first-order valence-corrected chi connectivity index (χ1v) is 6.55. The van der Waals surface area contributed by atoms with Gasteiger partial charge in [-0.1, -0.05) is 12.1 Å². The molecule has 1 aliphatic carbocycles. The Hall–Kier alpha value is -2.16. The van der Waals surface area contributed by atoms with Crippen LogP contribution in [0.15, 0.2) is 36.7 Å². The Morgan fingerprint density at radius 2 is 2.16 bits per heavy atom. The Balaban J connectivity index is 1.79. The molecule has 3 nitrogen and oxygen atoms in total. The van der Waals surface area contributed by atoms with Crippen LogP contribution in [0.5, 0.6) is 0 Å². The molecule has 0 amide bonds. The third-order valence-corrected chi connectivity index (χ3v) is 3.54. The molecule has 0 radical (unpaired) electrons. The van der Waals surface area contributed by atoms with E-state index in [1.54, 1.807) is 17.0 Å². The van der Waals surface area contributed by atoms with Gasteiger partial charge in [-0.3, -0.25) is 9.48 Å². The van der Waals surface area contributed by atoms with Crippen molar-refractivity contribution in [3.63, 3.8) is 0 Å². The lowest BCUT2D eigenvalue weighted by molar-refractivity contribution is 0.104. The van der Waals surface area contributed by atoms with Crippen molar-refractivity contribution in [1.29, 1.82) is 0 Å². The van der Waals surface area contributed by atoms with Crippen molar-refractivity contribution in [2.75, 3.05) is 0 Å². The van der Waals surface area contributed by atoms with Gasteiger partial charge in [-0.2, -0.15) is 5.10 Å². The zero-order chi connectivity index (χ0) is 13.2. The van der Waals surface area contributed by atoms with Crippen LogP contribution in [0.25, 0.3) is 6.08 Å². The van der Waals surface area contributed by atoms with E-state index in [1.807, 2.05) is 31.5 Å². The number of carbonyl (C=O) groups excluding carboxylic acids is 1. The van der Waals surface area contributed by atoms with Gasteiger partial charge in [-0.05, 0) is 48.6 Å². The fourth-order valence-electron chi connectivity index (χ4n) is 2.52. The molecule has 19 heavy (non-hydrogen) atoms. The van der Waals surface area contributed by atoms with Crippen LogP contribution in [0.2, 0.25) is 0 Å². The highest BCUT2D eigenvalue weighted by Crippen LogP contribution is 2.23. The number of ketones is 1. The molecule has 3 rings (SSSR count). The Bertz CT molecular complexity index is 653. The maximum atomic E-state index is 12.1. The number of hydrogen-bond acceptors (Lipinski definition) is 2. The van der Waals surface area contributed by atoms with E-state index in [0.717, 1.165) is 24.0 Å². The maximum absolute atomic E-state index is 12.1. The maximum Gasteiger partial charge on any atom is 0.185 e. The van der Waals surface area contributed by atoms with Crippen molar-refractivity contribution in [3.8, 4) is 0 Å². The second-order valence-corrected chi connectivity index (χ2v) is 4.98. The standard InChI is InChI=1S/C16H16N2O/c1-18-11-12(10-17-18)5-8-16(19)15-7-6-13-3-2-4-14(13)9-15/h5-11H,2-4H2,1H3. The van der Waals surface area contributed by atoms with Gasteiger partial charge in [0.25, 0.3) is 0 Å². The van der Waals surface area contributed by atoms with Crippen molar-refractivity contribution in [2.24, 2.45) is 7.05 Å². The van der Waals surface area contributed by atoms with Crippen molar-refractivity contribution in [3.05, 3.63) is 58.9 Å². The van der Waals surface area contributed by atoms with E-state index in [-0.39, 0.29) is 5.78 Å². The molecule has 96 valence electrons. The summed E-state index contributed by atoms with van der Waals surface area (Å²) in [5.41, 5.74) is 4.45. The monoisotopic (exact) mass is 252 g/mol. The number of fused-ring (bicyclic) bond motifs is 1. The molecular weight excluding hydrogens is 236 g/mol. The lowest BCUT2D eigenvalue weighted by atomic mass is 10.0. The fraction of sp³-hybridized carbons (Fsp3) is 0.250. The number of carbonyl (C=O) groups is 1. The fourth-order valence-corrected chi connectivity index (χ4v) is 2.52. The molecule has 0 N–H and O–H groups in total. The van der Waals surface area contributed by atoms with E-state index < -0.39 is 0 Å². The number of aryl methyl sites for hydroxylation is 3.